The Morgan fingerprint density at radius 2 is 2.24 bits per heavy atom. The van der Waals surface area contributed by atoms with E-state index in [9.17, 15) is 5.26 Å². The van der Waals surface area contributed by atoms with Gasteiger partial charge in [0.1, 0.15) is 11.6 Å². The van der Waals surface area contributed by atoms with Crippen LogP contribution in [0.15, 0.2) is 28.5 Å². The molecule has 2 N–H and O–H groups in total. The van der Waals surface area contributed by atoms with Crippen LogP contribution in [0.1, 0.15) is 12.6 Å². The van der Waals surface area contributed by atoms with Gasteiger partial charge in [0.2, 0.25) is 0 Å². The second kappa shape index (κ2) is 4.24. The second-order valence-electron chi connectivity index (χ2n) is 3.68. The maximum Gasteiger partial charge on any atom is 0.185 e. The average Bonchev–Trinajstić information content (AvgIpc) is 2.72. The maximum absolute atomic E-state index is 9.17. The Bertz CT molecular complexity index is 549. The molecule has 0 saturated carbocycles. The number of hydrogen-bond donors (Lipinski definition) is 2. The number of nitrogens with zero attached hydrogens (tertiary/aromatic N) is 5. The van der Waals surface area contributed by atoms with Gasteiger partial charge in [0, 0.05) is 11.9 Å². The minimum atomic E-state index is -0.616. The van der Waals surface area contributed by atoms with E-state index in [1.54, 1.807) is 17.8 Å². The molecule has 0 radical (unpaired) electrons. The highest BCUT2D eigenvalue weighted by Gasteiger charge is 2.25. The van der Waals surface area contributed by atoms with Crippen LogP contribution in [0.5, 0.6) is 0 Å². The zero-order valence-corrected chi connectivity index (χ0v) is 10.4. The van der Waals surface area contributed by atoms with Crippen molar-refractivity contribution < 1.29 is 0 Å². The Morgan fingerprint density at radius 3 is 2.76 bits per heavy atom. The molecule has 2 heterocycles. The number of allylic oxidation sites excluding steroid dienone is 2. The Labute approximate surface area is 105 Å². The zero-order valence-electron chi connectivity index (χ0n) is 9.49. The summed E-state index contributed by atoms with van der Waals surface area (Å²) in [5, 5.41) is 13.4. The highest BCUT2D eigenvalue weighted by molar-refractivity contribution is 7.77. The standard InChI is InChI=1S/C10H12N6S/c1-6-3-4-15(14-6)9-8(5-11)7(2)16(17)10(12)13-9/h3-4,10,17H,12H2,1-2H3. The van der Waals surface area contributed by atoms with Gasteiger partial charge in [-0.05, 0) is 19.9 Å². The summed E-state index contributed by atoms with van der Waals surface area (Å²) < 4.78 is 3.01. The summed E-state index contributed by atoms with van der Waals surface area (Å²) in [7, 11) is 0. The quantitative estimate of drug-likeness (QED) is 0.660. The van der Waals surface area contributed by atoms with Crippen molar-refractivity contribution in [3.8, 4) is 6.07 Å². The lowest BCUT2D eigenvalue weighted by Gasteiger charge is -2.28. The van der Waals surface area contributed by atoms with Crippen LogP contribution >= 0.6 is 12.8 Å². The van der Waals surface area contributed by atoms with Gasteiger partial charge in [-0.2, -0.15) is 10.4 Å². The monoisotopic (exact) mass is 248 g/mol. The molecule has 17 heavy (non-hydrogen) atoms. The van der Waals surface area contributed by atoms with E-state index in [2.05, 4.69) is 29.0 Å². The fraction of sp³-hybridized carbons (Fsp3) is 0.300. The van der Waals surface area contributed by atoms with Crippen molar-refractivity contribution in [2.24, 2.45) is 10.7 Å². The highest BCUT2D eigenvalue weighted by Crippen LogP contribution is 2.21. The predicted octanol–water partition coefficient (Wildman–Crippen LogP) is 0.638. The van der Waals surface area contributed by atoms with Crippen molar-refractivity contribution in [2.75, 3.05) is 0 Å². The number of hydrogen-bond acceptors (Lipinski definition) is 6. The van der Waals surface area contributed by atoms with E-state index < -0.39 is 6.29 Å². The lowest BCUT2D eigenvalue weighted by Crippen LogP contribution is -2.39. The molecule has 0 aromatic carbocycles. The lowest BCUT2D eigenvalue weighted by molar-refractivity contribution is 0.434. The van der Waals surface area contributed by atoms with Gasteiger partial charge in [0.25, 0.3) is 0 Å². The van der Waals surface area contributed by atoms with E-state index >= 15 is 0 Å². The van der Waals surface area contributed by atoms with Gasteiger partial charge in [-0.25, -0.2) is 9.67 Å². The van der Waals surface area contributed by atoms with Crippen LogP contribution in [0.2, 0.25) is 0 Å². The molecule has 0 amide bonds. The normalized spacial score (nSPS) is 20.3. The molecule has 0 bridgehead atoms. The molecule has 7 heteroatoms. The van der Waals surface area contributed by atoms with Crippen molar-refractivity contribution in [1.29, 1.82) is 5.26 Å². The van der Waals surface area contributed by atoms with Gasteiger partial charge in [-0.15, -0.1) is 0 Å². The van der Waals surface area contributed by atoms with Crippen molar-refractivity contribution in [1.82, 2.24) is 14.1 Å². The Kier molecular flexibility index (Phi) is 2.92. The van der Waals surface area contributed by atoms with Crippen LogP contribution in [0, 0.1) is 18.3 Å². The molecular weight excluding hydrogens is 236 g/mol. The first-order valence-electron chi connectivity index (χ1n) is 5.00. The Hall–Kier alpha value is -1.78. The van der Waals surface area contributed by atoms with Gasteiger partial charge in [0.05, 0.1) is 5.69 Å². The Balaban J connectivity index is 2.53. The molecule has 1 aliphatic heterocycles. The third-order valence-electron chi connectivity index (χ3n) is 2.49. The van der Waals surface area contributed by atoms with E-state index in [0.29, 0.717) is 17.1 Å². The van der Waals surface area contributed by atoms with Crippen molar-refractivity contribution in [2.45, 2.75) is 20.1 Å². The van der Waals surface area contributed by atoms with Crippen LogP contribution in [0.25, 0.3) is 0 Å². The molecule has 0 saturated heterocycles. The van der Waals surface area contributed by atoms with Crippen molar-refractivity contribution >= 4 is 18.7 Å². The molecule has 1 aromatic rings. The van der Waals surface area contributed by atoms with Crippen LogP contribution in [0.3, 0.4) is 0 Å². The average molecular weight is 248 g/mol. The topological polar surface area (TPSA) is 83.2 Å². The first-order valence-corrected chi connectivity index (χ1v) is 5.40. The molecule has 1 aromatic heterocycles. The number of nitrogens with two attached hydrogens (primary N) is 1. The number of nitriles is 1. The zero-order chi connectivity index (χ0) is 12.6. The minimum absolute atomic E-state index is 0.421. The minimum Gasteiger partial charge on any atom is -0.292 e. The molecule has 2 rings (SSSR count). The SMILES string of the molecule is CC1=C(C#N)C(n2ccc(C)n2)=NC(N)N1S. The largest absolute Gasteiger partial charge is 0.292 e. The summed E-state index contributed by atoms with van der Waals surface area (Å²) in [4.78, 5) is 4.21. The van der Waals surface area contributed by atoms with Crippen LogP contribution in [0.4, 0.5) is 0 Å². The summed E-state index contributed by atoms with van der Waals surface area (Å²) in [5.74, 6) is 0.455. The van der Waals surface area contributed by atoms with E-state index in [-0.39, 0.29) is 0 Å². The summed E-state index contributed by atoms with van der Waals surface area (Å²) in [5.41, 5.74) is 7.74. The number of aliphatic imine (C=N–C) groups is 1. The molecule has 88 valence electrons. The predicted molar refractivity (Wildman–Crippen MR) is 66.9 cm³/mol. The van der Waals surface area contributed by atoms with Crippen LogP contribution in [-0.2, 0) is 0 Å². The van der Waals surface area contributed by atoms with Crippen molar-refractivity contribution in [3.05, 3.63) is 29.2 Å². The number of aryl methyl sites for hydroxylation is 1. The summed E-state index contributed by atoms with van der Waals surface area (Å²) >= 11 is 4.19. The first kappa shape index (κ1) is 11.7. The number of aromatic nitrogens is 2. The summed E-state index contributed by atoms with van der Waals surface area (Å²) in [6.07, 6.45) is 1.13. The van der Waals surface area contributed by atoms with Gasteiger partial charge in [-0.3, -0.25) is 10.0 Å². The third-order valence-corrected chi connectivity index (χ3v) is 3.02. The third kappa shape index (κ3) is 1.92. The van der Waals surface area contributed by atoms with E-state index in [1.165, 1.54) is 4.31 Å². The van der Waals surface area contributed by atoms with E-state index in [0.717, 1.165) is 5.69 Å². The van der Waals surface area contributed by atoms with E-state index in [4.69, 9.17) is 5.73 Å². The van der Waals surface area contributed by atoms with Gasteiger partial charge < -0.3 is 0 Å². The molecule has 1 aliphatic rings. The summed E-state index contributed by atoms with van der Waals surface area (Å²) in [6.45, 7) is 3.64. The smallest absolute Gasteiger partial charge is 0.185 e. The first-order chi connectivity index (χ1) is 8.04. The van der Waals surface area contributed by atoms with Gasteiger partial charge >= 0.3 is 0 Å². The lowest BCUT2D eigenvalue weighted by atomic mass is 10.2. The fourth-order valence-electron chi connectivity index (χ4n) is 1.56. The molecular formula is C10H12N6S. The van der Waals surface area contributed by atoms with E-state index in [1.807, 2.05) is 13.0 Å². The Morgan fingerprint density at radius 1 is 1.53 bits per heavy atom. The molecule has 1 atom stereocenters. The molecule has 0 aliphatic carbocycles. The van der Waals surface area contributed by atoms with Crippen molar-refractivity contribution in [3.63, 3.8) is 0 Å². The summed E-state index contributed by atoms with van der Waals surface area (Å²) in [6, 6.07) is 3.94. The van der Waals surface area contributed by atoms with Crippen LogP contribution < -0.4 is 5.73 Å². The molecule has 6 nitrogen and oxygen atoms in total. The second-order valence-corrected chi connectivity index (χ2v) is 4.12. The molecule has 0 spiro atoms. The number of thiol groups is 1. The number of rotatable bonds is 0. The molecule has 0 fully saturated rings. The van der Waals surface area contributed by atoms with Gasteiger partial charge in [0.15, 0.2) is 12.1 Å². The molecule has 1 unspecified atom stereocenters. The van der Waals surface area contributed by atoms with Crippen LogP contribution in [-0.4, -0.2) is 26.2 Å². The maximum atomic E-state index is 9.17. The highest BCUT2D eigenvalue weighted by atomic mass is 32.1. The van der Waals surface area contributed by atoms with Gasteiger partial charge in [-0.1, -0.05) is 12.8 Å². The fourth-order valence-corrected chi connectivity index (χ4v) is 1.71.